The van der Waals surface area contributed by atoms with Crippen LogP contribution in [-0.4, -0.2) is 54.4 Å². The van der Waals surface area contributed by atoms with Crippen LogP contribution < -0.4 is 4.74 Å². The van der Waals surface area contributed by atoms with Gasteiger partial charge in [0.2, 0.25) is 0 Å². The third-order valence-electron chi connectivity index (χ3n) is 4.91. The summed E-state index contributed by atoms with van der Waals surface area (Å²) in [6, 6.07) is 5.04. The van der Waals surface area contributed by atoms with Crippen LogP contribution in [0, 0.1) is 0 Å². The molecule has 2 fully saturated rings. The van der Waals surface area contributed by atoms with Crippen molar-refractivity contribution in [3.63, 3.8) is 0 Å². The fraction of sp³-hybridized carbons (Fsp3) is 0.588. The lowest BCUT2D eigenvalue weighted by molar-refractivity contribution is -0.174. The van der Waals surface area contributed by atoms with E-state index in [1.165, 1.54) is 7.11 Å². The molecule has 1 spiro atoms. The lowest BCUT2D eigenvalue weighted by Crippen LogP contribution is -2.56. The predicted octanol–water partition coefficient (Wildman–Crippen LogP) is 2.49. The minimum absolute atomic E-state index is 0.0931. The summed E-state index contributed by atoms with van der Waals surface area (Å²) < 4.78 is 11.2. The molecule has 5 nitrogen and oxygen atoms in total. The number of carbonyl (C=O) groups is 1. The van der Waals surface area contributed by atoms with Crippen molar-refractivity contribution >= 4 is 17.5 Å². The van der Waals surface area contributed by atoms with Crippen LogP contribution in [0.25, 0.3) is 0 Å². The van der Waals surface area contributed by atoms with E-state index in [4.69, 9.17) is 21.1 Å². The highest BCUT2D eigenvalue weighted by molar-refractivity contribution is 6.31. The Bertz CT molecular complexity index is 584. The van der Waals surface area contributed by atoms with E-state index in [9.17, 15) is 9.90 Å². The molecule has 1 N–H and O–H groups in total. The number of piperidine rings is 1. The predicted molar refractivity (Wildman–Crippen MR) is 87.1 cm³/mol. The number of amides is 1. The van der Waals surface area contributed by atoms with Crippen LogP contribution in [0.1, 0.15) is 36.0 Å². The summed E-state index contributed by atoms with van der Waals surface area (Å²) in [6.07, 6.45) is 2.54. The van der Waals surface area contributed by atoms with E-state index in [0.717, 1.165) is 12.8 Å². The van der Waals surface area contributed by atoms with Gasteiger partial charge in [-0.2, -0.15) is 0 Å². The smallest absolute Gasteiger partial charge is 0.257 e. The van der Waals surface area contributed by atoms with Crippen molar-refractivity contribution in [1.29, 1.82) is 0 Å². The first kappa shape index (κ1) is 16.6. The Hall–Kier alpha value is -1.30. The Morgan fingerprint density at radius 3 is 2.83 bits per heavy atom. The summed E-state index contributed by atoms with van der Waals surface area (Å²) in [5.74, 6) is 0.429. The van der Waals surface area contributed by atoms with Crippen LogP contribution in [0.3, 0.4) is 0 Å². The number of aliphatic hydroxyl groups excluding tert-OH is 1. The molecular weight excluding hydrogens is 318 g/mol. The first-order chi connectivity index (χ1) is 11.1. The number of carbonyl (C=O) groups excluding carboxylic acids is 1. The van der Waals surface area contributed by atoms with Gasteiger partial charge >= 0.3 is 0 Å². The molecule has 2 aliphatic heterocycles. The zero-order valence-corrected chi connectivity index (χ0v) is 14.0. The average molecular weight is 340 g/mol. The maximum Gasteiger partial charge on any atom is 0.257 e. The molecule has 0 radical (unpaired) electrons. The number of halogens is 1. The van der Waals surface area contributed by atoms with E-state index in [1.54, 1.807) is 23.1 Å². The lowest BCUT2D eigenvalue weighted by Gasteiger charge is -2.46. The van der Waals surface area contributed by atoms with Gasteiger partial charge in [-0.25, -0.2) is 0 Å². The maximum atomic E-state index is 12.8. The molecule has 1 aromatic carbocycles. The largest absolute Gasteiger partial charge is 0.496 e. The third-order valence-corrected chi connectivity index (χ3v) is 5.14. The van der Waals surface area contributed by atoms with Gasteiger partial charge in [0.05, 0.1) is 24.4 Å². The number of hydrogen-bond acceptors (Lipinski definition) is 4. The van der Waals surface area contributed by atoms with Gasteiger partial charge in [-0.3, -0.25) is 4.79 Å². The van der Waals surface area contributed by atoms with E-state index >= 15 is 0 Å². The summed E-state index contributed by atoms with van der Waals surface area (Å²) in [5, 5.41) is 10.8. The number of nitrogens with zero attached hydrogens (tertiary/aromatic N) is 1. The van der Waals surface area contributed by atoms with Gasteiger partial charge in [0.25, 0.3) is 5.91 Å². The Labute approximate surface area is 141 Å². The Balaban J connectivity index is 1.72. The molecule has 23 heavy (non-hydrogen) atoms. The highest BCUT2D eigenvalue weighted by Crippen LogP contribution is 2.36. The number of likely N-dealkylation sites (tertiary alicyclic amines) is 1. The van der Waals surface area contributed by atoms with Gasteiger partial charge in [0, 0.05) is 24.7 Å². The lowest BCUT2D eigenvalue weighted by atomic mass is 9.82. The molecule has 126 valence electrons. The molecule has 2 aliphatic rings. The first-order valence-electron chi connectivity index (χ1n) is 8.00. The summed E-state index contributed by atoms with van der Waals surface area (Å²) in [7, 11) is 1.54. The SMILES string of the molecule is COc1ccc(Cl)cc1C(=O)N1CCC2(CC1)OCCCC2O. The molecule has 1 aromatic rings. The molecule has 0 bridgehead atoms. The summed E-state index contributed by atoms with van der Waals surface area (Å²) in [4.78, 5) is 14.6. The fourth-order valence-corrected chi connectivity index (χ4v) is 3.67. The van der Waals surface area contributed by atoms with Crippen molar-refractivity contribution in [2.75, 3.05) is 26.8 Å². The zero-order valence-electron chi connectivity index (χ0n) is 13.3. The molecule has 1 amide bonds. The molecule has 0 saturated carbocycles. The van der Waals surface area contributed by atoms with Gasteiger partial charge in [0.1, 0.15) is 5.75 Å². The number of rotatable bonds is 2. The summed E-state index contributed by atoms with van der Waals surface area (Å²) >= 11 is 6.01. The number of hydrogen-bond donors (Lipinski definition) is 1. The second kappa shape index (κ2) is 6.67. The van der Waals surface area contributed by atoms with E-state index in [-0.39, 0.29) is 5.91 Å². The third kappa shape index (κ3) is 3.18. The van der Waals surface area contributed by atoms with Crippen molar-refractivity contribution in [2.45, 2.75) is 37.4 Å². The number of benzene rings is 1. The molecule has 2 saturated heterocycles. The minimum Gasteiger partial charge on any atom is -0.496 e. The van der Waals surface area contributed by atoms with Gasteiger partial charge in [-0.15, -0.1) is 0 Å². The second-order valence-electron chi connectivity index (χ2n) is 6.21. The topological polar surface area (TPSA) is 59.0 Å². The maximum absolute atomic E-state index is 12.8. The average Bonchev–Trinajstić information content (AvgIpc) is 2.58. The molecule has 0 aliphatic carbocycles. The number of aliphatic hydroxyl groups is 1. The van der Waals surface area contributed by atoms with Gasteiger partial charge in [0.15, 0.2) is 0 Å². The van der Waals surface area contributed by atoms with Crippen molar-refractivity contribution in [2.24, 2.45) is 0 Å². The molecule has 3 rings (SSSR count). The molecular formula is C17H22ClNO4. The molecule has 1 unspecified atom stereocenters. The highest BCUT2D eigenvalue weighted by atomic mass is 35.5. The Morgan fingerprint density at radius 1 is 1.43 bits per heavy atom. The zero-order chi connectivity index (χ0) is 16.4. The van der Waals surface area contributed by atoms with E-state index in [0.29, 0.717) is 48.9 Å². The quantitative estimate of drug-likeness (QED) is 0.899. The van der Waals surface area contributed by atoms with Crippen LogP contribution in [0.2, 0.25) is 5.02 Å². The van der Waals surface area contributed by atoms with Gasteiger partial charge in [-0.05, 0) is 43.9 Å². The van der Waals surface area contributed by atoms with Crippen LogP contribution in [0.4, 0.5) is 0 Å². The monoisotopic (exact) mass is 339 g/mol. The standard InChI is InChI=1S/C17H22ClNO4/c1-22-14-5-4-12(18)11-13(14)16(21)19-8-6-17(7-9-19)15(20)3-2-10-23-17/h4-5,11,15,20H,2-3,6-10H2,1H3. The first-order valence-corrected chi connectivity index (χ1v) is 8.38. The van der Waals surface area contributed by atoms with E-state index < -0.39 is 11.7 Å². The van der Waals surface area contributed by atoms with Crippen LogP contribution in [0.5, 0.6) is 5.75 Å². The summed E-state index contributed by atoms with van der Waals surface area (Å²) in [6.45, 7) is 1.81. The van der Waals surface area contributed by atoms with E-state index in [1.807, 2.05) is 0 Å². The number of ether oxygens (including phenoxy) is 2. The van der Waals surface area contributed by atoms with Crippen LogP contribution in [0.15, 0.2) is 18.2 Å². The Kier molecular flexibility index (Phi) is 4.80. The summed E-state index contributed by atoms with van der Waals surface area (Å²) in [5.41, 5.74) is -0.00552. The second-order valence-corrected chi connectivity index (χ2v) is 6.64. The van der Waals surface area contributed by atoms with Crippen molar-refractivity contribution in [3.05, 3.63) is 28.8 Å². The molecule has 2 heterocycles. The van der Waals surface area contributed by atoms with Crippen molar-refractivity contribution in [1.82, 2.24) is 4.90 Å². The Morgan fingerprint density at radius 2 is 2.17 bits per heavy atom. The minimum atomic E-state index is -0.479. The highest BCUT2D eigenvalue weighted by Gasteiger charge is 2.44. The molecule has 1 atom stereocenters. The fourth-order valence-electron chi connectivity index (χ4n) is 3.49. The van der Waals surface area contributed by atoms with Crippen LogP contribution in [-0.2, 0) is 4.74 Å². The van der Waals surface area contributed by atoms with Gasteiger partial charge < -0.3 is 19.5 Å². The number of methoxy groups -OCH3 is 1. The van der Waals surface area contributed by atoms with Crippen LogP contribution >= 0.6 is 11.6 Å². The molecule has 0 aromatic heterocycles. The molecule has 6 heteroatoms. The van der Waals surface area contributed by atoms with E-state index in [2.05, 4.69) is 0 Å². The van der Waals surface area contributed by atoms with Crippen molar-refractivity contribution in [3.8, 4) is 5.75 Å². The van der Waals surface area contributed by atoms with Gasteiger partial charge in [-0.1, -0.05) is 11.6 Å². The van der Waals surface area contributed by atoms with Crippen molar-refractivity contribution < 1.29 is 19.4 Å². The normalized spacial score (nSPS) is 23.8.